The molecule has 30 heavy (non-hydrogen) atoms. The van der Waals surface area contributed by atoms with Gasteiger partial charge in [0.15, 0.2) is 0 Å². The molecule has 2 aromatic carbocycles. The largest absolute Gasteiger partial charge is 0.394 e. The van der Waals surface area contributed by atoms with Crippen LogP contribution < -0.4 is 0 Å². The maximum Gasteiger partial charge on any atom is 0.255 e. The Morgan fingerprint density at radius 3 is 2.47 bits per heavy atom. The summed E-state index contributed by atoms with van der Waals surface area (Å²) in [4.78, 5) is 15.5. The Hall–Kier alpha value is -1.85. The Labute approximate surface area is 188 Å². The Morgan fingerprint density at radius 1 is 1.20 bits per heavy atom. The summed E-state index contributed by atoms with van der Waals surface area (Å²) in [6, 6.07) is 14.1. The second kappa shape index (κ2) is 9.52. The van der Waals surface area contributed by atoms with Crippen LogP contribution in [0, 0.1) is 0 Å². The van der Waals surface area contributed by atoms with Crippen LogP contribution in [-0.2, 0) is 9.53 Å². The zero-order chi connectivity index (χ0) is 21.9. The summed E-state index contributed by atoms with van der Waals surface area (Å²) >= 11 is 12.4. The number of morpholine rings is 1. The van der Waals surface area contributed by atoms with Gasteiger partial charge in [-0.2, -0.15) is 0 Å². The second-order valence-corrected chi connectivity index (χ2v) is 8.64. The van der Waals surface area contributed by atoms with Crippen LogP contribution in [0.5, 0.6) is 0 Å². The zero-order valence-corrected chi connectivity index (χ0v) is 18.7. The topological polar surface area (TPSA) is 49.8 Å². The Kier molecular flexibility index (Phi) is 7.25. The number of carbonyl (C=O) groups is 1. The van der Waals surface area contributed by atoms with E-state index in [9.17, 15) is 9.90 Å². The number of carbonyl (C=O) groups excluding carboxylic acids is 1. The molecule has 6 heteroatoms. The number of aliphatic hydroxyl groups excluding tert-OH is 1. The molecule has 1 N–H and O–H groups in total. The van der Waals surface area contributed by atoms with E-state index in [1.54, 1.807) is 36.1 Å². The summed E-state index contributed by atoms with van der Waals surface area (Å²) in [7, 11) is 0. The van der Waals surface area contributed by atoms with Crippen molar-refractivity contribution in [2.24, 2.45) is 0 Å². The van der Waals surface area contributed by atoms with Gasteiger partial charge in [-0.05, 0) is 48.7 Å². The molecule has 160 valence electrons. The third-order valence-electron chi connectivity index (χ3n) is 5.66. The molecule has 0 radical (unpaired) electrons. The number of rotatable bonds is 7. The Bertz CT molecular complexity index is 898. The summed E-state index contributed by atoms with van der Waals surface area (Å²) < 4.78 is 6.50. The van der Waals surface area contributed by atoms with Gasteiger partial charge in [0.05, 0.1) is 18.7 Å². The van der Waals surface area contributed by atoms with Crippen molar-refractivity contribution in [1.82, 2.24) is 4.90 Å². The van der Waals surface area contributed by atoms with Crippen LogP contribution in [0.25, 0.3) is 0 Å². The van der Waals surface area contributed by atoms with E-state index in [0.717, 1.165) is 11.1 Å². The summed E-state index contributed by atoms with van der Waals surface area (Å²) in [5.41, 5.74) is 0.647. The number of halogens is 2. The van der Waals surface area contributed by atoms with Crippen molar-refractivity contribution in [1.29, 1.82) is 0 Å². The fourth-order valence-electron chi connectivity index (χ4n) is 4.09. The highest BCUT2D eigenvalue weighted by Gasteiger charge is 2.51. The van der Waals surface area contributed by atoms with E-state index in [1.807, 2.05) is 37.3 Å². The van der Waals surface area contributed by atoms with E-state index in [1.165, 1.54) is 0 Å². The minimum absolute atomic E-state index is 0.140. The average Bonchev–Trinajstić information content (AvgIpc) is 2.73. The molecule has 0 aliphatic carbocycles. The molecule has 0 spiro atoms. The van der Waals surface area contributed by atoms with Crippen LogP contribution in [0.4, 0.5) is 0 Å². The highest BCUT2D eigenvalue weighted by Crippen LogP contribution is 2.47. The van der Waals surface area contributed by atoms with Crippen molar-refractivity contribution in [3.8, 4) is 0 Å². The van der Waals surface area contributed by atoms with Crippen LogP contribution in [0.1, 0.15) is 50.0 Å². The first-order chi connectivity index (χ1) is 14.3. The molecule has 0 aromatic heterocycles. The maximum absolute atomic E-state index is 13.7. The molecule has 0 saturated carbocycles. The minimum Gasteiger partial charge on any atom is -0.394 e. The Balaban J connectivity index is 2.22. The summed E-state index contributed by atoms with van der Waals surface area (Å²) in [6.45, 7) is 7.41. The average molecular weight is 448 g/mol. The predicted octanol–water partition coefficient (Wildman–Crippen LogP) is 5.74. The van der Waals surface area contributed by atoms with Gasteiger partial charge < -0.3 is 14.7 Å². The van der Waals surface area contributed by atoms with E-state index < -0.39 is 17.7 Å². The molecule has 0 bridgehead atoms. The molecule has 4 nitrogen and oxygen atoms in total. The number of amides is 1. The molecule has 3 rings (SSSR count). The third-order valence-corrected chi connectivity index (χ3v) is 6.15. The monoisotopic (exact) mass is 447 g/mol. The van der Waals surface area contributed by atoms with Crippen LogP contribution in [0.2, 0.25) is 10.0 Å². The number of aliphatic hydroxyl groups is 1. The number of hydrogen-bond donors (Lipinski definition) is 1. The van der Waals surface area contributed by atoms with E-state index in [-0.39, 0.29) is 18.6 Å². The molecule has 1 aliphatic rings. The lowest BCUT2D eigenvalue weighted by atomic mass is 9.86. The van der Waals surface area contributed by atoms with Crippen molar-refractivity contribution in [2.75, 3.05) is 6.61 Å². The SMILES string of the molecule is C=CC[C@@]1(C)O[C@H](c2cccc(Cl)c2)[C@@H](c2ccc(Cl)cc2)N([C@@H](CC)CO)C1=O. The number of nitrogens with zero attached hydrogens (tertiary/aromatic N) is 1. The number of hydrogen-bond acceptors (Lipinski definition) is 3. The molecule has 1 saturated heterocycles. The van der Waals surface area contributed by atoms with Gasteiger partial charge in [-0.25, -0.2) is 0 Å². The van der Waals surface area contributed by atoms with Gasteiger partial charge in [-0.3, -0.25) is 4.79 Å². The fourth-order valence-corrected chi connectivity index (χ4v) is 4.41. The molecule has 0 unspecified atom stereocenters. The van der Waals surface area contributed by atoms with Crippen LogP contribution in [0.3, 0.4) is 0 Å². The standard InChI is InChI=1S/C24H27Cl2NO3/c1-4-13-24(3)23(29)27(20(5-2)15-28)21(16-9-11-18(25)12-10-16)22(30-24)17-7-6-8-19(26)14-17/h4,6-12,14,20-22,28H,1,5,13,15H2,2-3H3/t20-,21+,22+,24+/m0/s1. The van der Waals surface area contributed by atoms with Crippen LogP contribution in [0.15, 0.2) is 61.2 Å². The molecular weight excluding hydrogens is 421 g/mol. The minimum atomic E-state index is -1.10. The molecule has 4 atom stereocenters. The van der Waals surface area contributed by atoms with Crippen molar-refractivity contribution in [2.45, 2.75) is 50.5 Å². The number of benzene rings is 2. The fraction of sp³-hybridized carbons (Fsp3) is 0.375. The van der Waals surface area contributed by atoms with E-state index in [4.69, 9.17) is 27.9 Å². The first-order valence-corrected chi connectivity index (χ1v) is 10.8. The van der Waals surface area contributed by atoms with Gasteiger partial charge in [-0.1, -0.05) is 60.5 Å². The lowest BCUT2D eigenvalue weighted by molar-refractivity contribution is -0.203. The van der Waals surface area contributed by atoms with Crippen molar-refractivity contribution in [3.63, 3.8) is 0 Å². The molecule has 2 aromatic rings. The normalized spacial score (nSPS) is 25.2. The van der Waals surface area contributed by atoms with Crippen LogP contribution >= 0.6 is 23.2 Å². The molecule has 1 amide bonds. The molecule has 1 fully saturated rings. The van der Waals surface area contributed by atoms with E-state index in [2.05, 4.69) is 6.58 Å². The van der Waals surface area contributed by atoms with Crippen LogP contribution in [-0.4, -0.2) is 34.2 Å². The molecule has 1 heterocycles. The smallest absolute Gasteiger partial charge is 0.255 e. The predicted molar refractivity (Wildman–Crippen MR) is 121 cm³/mol. The van der Waals surface area contributed by atoms with Gasteiger partial charge >= 0.3 is 0 Å². The van der Waals surface area contributed by atoms with E-state index >= 15 is 0 Å². The summed E-state index contributed by atoms with van der Waals surface area (Å²) in [5, 5.41) is 11.3. The highest BCUT2D eigenvalue weighted by molar-refractivity contribution is 6.30. The third kappa shape index (κ3) is 4.42. The maximum atomic E-state index is 13.7. The van der Waals surface area contributed by atoms with Gasteiger partial charge in [0, 0.05) is 16.5 Å². The van der Waals surface area contributed by atoms with Gasteiger partial charge in [0.1, 0.15) is 11.7 Å². The lowest BCUT2D eigenvalue weighted by Gasteiger charge is -2.51. The summed E-state index contributed by atoms with van der Waals surface area (Å²) in [6.07, 6.45) is 2.18. The first-order valence-electron chi connectivity index (χ1n) is 10.1. The highest BCUT2D eigenvalue weighted by atomic mass is 35.5. The zero-order valence-electron chi connectivity index (χ0n) is 17.2. The number of ether oxygens (including phenoxy) is 1. The van der Waals surface area contributed by atoms with Gasteiger partial charge in [0.2, 0.25) is 0 Å². The van der Waals surface area contributed by atoms with Gasteiger partial charge in [0.25, 0.3) is 5.91 Å². The Morgan fingerprint density at radius 2 is 1.90 bits per heavy atom. The first kappa shape index (κ1) is 22.8. The van der Waals surface area contributed by atoms with Gasteiger partial charge in [-0.15, -0.1) is 6.58 Å². The lowest BCUT2D eigenvalue weighted by Crippen LogP contribution is -2.60. The molecule has 1 aliphatic heterocycles. The quantitative estimate of drug-likeness (QED) is 0.550. The van der Waals surface area contributed by atoms with Crippen molar-refractivity contribution < 1.29 is 14.6 Å². The second-order valence-electron chi connectivity index (χ2n) is 7.77. The molecular formula is C24H27Cl2NO3. The van der Waals surface area contributed by atoms with E-state index in [0.29, 0.717) is 22.9 Å². The van der Waals surface area contributed by atoms with Crippen molar-refractivity contribution in [3.05, 3.63) is 82.4 Å². The van der Waals surface area contributed by atoms with Crippen molar-refractivity contribution >= 4 is 29.1 Å². The summed E-state index contributed by atoms with van der Waals surface area (Å²) in [5.74, 6) is -0.165.